The van der Waals surface area contributed by atoms with Crippen LogP contribution in [0.2, 0.25) is 0 Å². The highest BCUT2D eigenvalue weighted by atomic mass is 16.5. The molecule has 0 heterocycles. The number of benzene rings is 1. The van der Waals surface area contributed by atoms with E-state index in [1.165, 1.54) is 13.5 Å². The number of rotatable bonds is 6. The van der Waals surface area contributed by atoms with Gasteiger partial charge in [0.2, 0.25) is 0 Å². The average molecular weight is 306 g/mol. The summed E-state index contributed by atoms with van der Waals surface area (Å²) in [6.45, 7) is -0.208. The van der Waals surface area contributed by atoms with E-state index < -0.39 is 0 Å². The van der Waals surface area contributed by atoms with Crippen LogP contribution >= 0.6 is 0 Å². The molecule has 22 heavy (non-hydrogen) atoms. The van der Waals surface area contributed by atoms with Crippen LogP contribution < -0.4 is 14.9 Å². The van der Waals surface area contributed by atoms with Crippen molar-refractivity contribution in [3.63, 3.8) is 0 Å². The molecule has 0 unspecified atom stereocenters. The number of amides is 1. The Morgan fingerprint density at radius 1 is 1.27 bits per heavy atom. The lowest BCUT2D eigenvalue weighted by atomic mass is 9.99. The zero-order chi connectivity index (χ0) is 15.8. The number of hydrogen-bond acceptors (Lipinski definition) is 5. The van der Waals surface area contributed by atoms with E-state index in [2.05, 4.69) is 10.5 Å². The fraction of sp³-hybridized carbons (Fsp3) is 0.500. The monoisotopic (exact) mass is 306 g/mol. The topological polar surface area (TPSA) is 80.1 Å². The van der Waals surface area contributed by atoms with Crippen LogP contribution in [0.3, 0.4) is 0 Å². The first-order valence-electron chi connectivity index (χ1n) is 7.47. The van der Waals surface area contributed by atoms with Gasteiger partial charge in [-0.1, -0.05) is 12.5 Å². The molecule has 0 radical (unpaired) electrons. The van der Waals surface area contributed by atoms with Gasteiger partial charge in [0.25, 0.3) is 5.91 Å². The lowest BCUT2D eigenvalue weighted by molar-refractivity contribution is -0.123. The predicted molar refractivity (Wildman–Crippen MR) is 83.1 cm³/mol. The minimum absolute atomic E-state index is 0.0748. The van der Waals surface area contributed by atoms with Crippen molar-refractivity contribution in [3.05, 3.63) is 23.8 Å². The second-order valence-corrected chi connectivity index (χ2v) is 5.21. The van der Waals surface area contributed by atoms with E-state index in [1.54, 1.807) is 18.2 Å². The van der Waals surface area contributed by atoms with Gasteiger partial charge in [-0.2, -0.15) is 5.10 Å². The molecule has 1 aromatic carbocycles. The summed E-state index contributed by atoms with van der Waals surface area (Å²) in [4.78, 5) is 11.8. The Morgan fingerprint density at radius 3 is 2.73 bits per heavy atom. The molecule has 6 heteroatoms. The number of nitrogens with zero attached hydrogens (tertiary/aromatic N) is 1. The van der Waals surface area contributed by atoms with Crippen molar-refractivity contribution >= 4 is 11.6 Å². The average Bonchev–Trinajstić information content (AvgIpc) is 2.58. The number of hydrogen-bond donors (Lipinski definition) is 2. The zero-order valence-corrected chi connectivity index (χ0v) is 12.8. The summed E-state index contributed by atoms with van der Waals surface area (Å²) in [6, 6.07) is 5.07. The van der Waals surface area contributed by atoms with Gasteiger partial charge in [0.05, 0.1) is 13.7 Å². The third kappa shape index (κ3) is 4.73. The SMILES string of the molecule is COc1cc(CO)ccc1OCC(=O)NN=C1CCCCC1. The van der Waals surface area contributed by atoms with Gasteiger partial charge in [-0.3, -0.25) is 4.79 Å². The maximum Gasteiger partial charge on any atom is 0.277 e. The Morgan fingerprint density at radius 2 is 2.05 bits per heavy atom. The van der Waals surface area contributed by atoms with E-state index in [0.29, 0.717) is 11.5 Å². The quantitative estimate of drug-likeness (QED) is 0.788. The number of methoxy groups -OCH3 is 1. The molecular weight excluding hydrogens is 284 g/mol. The molecule has 6 nitrogen and oxygen atoms in total. The number of ether oxygens (including phenoxy) is 2. The van der Waals surface area contributed by atoms with Gasteiger partial charge in [0.1, 0.15) is 0 Å². The molecule has 1 fully saturated rings. The van der Waals surface area contributed by atoms with Crippen molar-refractivity contribution < 1.29 is 19.4 Å². The first kappa shape index (κ1) is 16.3. The summed E-state index contributed by atoms with van der Waals surface area (Å²) in [7, 11) is 1.51. The van der Waals surface area contributed by atoms with Crippen LogP contribution in [0, 0.1) is 0 Å². The standard InChI is InChI=1S/C16H22N2O4/c1-21-15-9-12(10-19)7-8-14(15)22-11-16(20)18-17-13-5-3-2-4-6-13/h7-9,19H,2-6,10-11H2,1H3,(H,18,20). The van der Waals surface area contributed by atoms with Gasteiger partial charge in [0.15, 0.2) is 18.1 Å². The largest absolute Gasteiger partial charge is 0.493 e. The van der Waals surface area contributed by atoms with Gasteiger partial charge in [0, 0.05) is 5.71 Å². The molecular formula is C16H22N2O4. The van der Waals surface area contributed by atoms with Crippen LogP contribution in [0.15, 0.2) is 23.3 Å². The van der Waals surface area contributed by atoms with E-state index in [1.807, 2.05) is 0 Å². The van der Waals surface area contributed by atoms with Gasteiger partial charge in [-0.25, -0.2) is 5.43 Å². The number of carbonyl (C=O) groups excluding carboxylic acids is 1. The second-order valence-electron chi connectivity index (χ2n) is 5.21. The van der Waals surface area contributed by atoms with Gasteiger partial charge in [-0.15, -0.1) is 0 Å². The Balaban J connectivity index is 1.85. The van der Waals surface area contributed by atoms with E-state index in [-0.39, 0.29) is 19.1 Å². The summed E-state index contributed by atoms with van der Waals surface area (Å²) in [6.07, 6.45) is 5.42. The van der Waals surface area contributed by atoms with Gasteiger partial charge >= 0.3 is 0 Å². The summed E-state index contributed by atoms with van der Waals surface area (Å²) in [5, 5.41) is 13.2. The van der Waals surface area contributed by atoms with Crippen LogP contribution in [0.4, 0.5) is 0 Å². The third-order valence-corrected chi connectivity index (χ3v) is 3.54. The van der Waals surface area contributed by atoms with E-state index in [0.717, 1.165) is 37.0 Å². The van der Waals surface area contributed by atoms with E-state index >= 15 is 0 Å². The van der Waals surface area contributed by atoms with Crippen LogP contribution in [0.25, 0.3) is 0 Å². The Kier molecular flexibility index (Phi) is 6.21. The molecule has 0 bridgehead atoms. The molecule has 0 aromatic heterocycles. The fourth-order valence-electron chi connectivity index (χ4n) is 2.32. The summed E-state index contributed by atoms with van der Waals surface area (Å²) in [5.41, 5.74) is 4.29. The first-order valence-corrected chi connectivity index (χ1v) is 7.47. The molecule has 1 saturated carbocycles. The van der Waals surface area contributed by atoms with Crippen LogP contribution in [0.5, 0.6) is 11.5 Å². The summed E-state index contributed by atoms with van der Waals surface area (Å²) >= 11 is 0. The Labute approximate surface area is 130 Å². The molecule has 0 saturated heterocycles. The summed E-state index contributed by atoms with van der Waals surface area (Å²) in [5.74, 6) is 0.643. The van der Waals surface area contributed by atoms with Gasteiger partial charge < -0.3 is 14.6 Å². The maximum absolute atomic E-state index is 11.8. The number of aliphatic hydroxyl groups is 1. The molecule has 1 aromatic rings. The number of carbonyl (C=O) groups is 1. The summed E-state index contributed by atoms with van der Waals surface area (Å²) < 4.78 is 10.6. The molecule has 120 valence electrons. The number of nitrogens with one attached hydrogen (secondary N) is 1. The molecule has 1 amide bonds. The molecule has 1 aliphatic carbocycles. The van der Waals surface area contributed by atoms with Crippen LogP contribution in [0.1, 0.15) is 37.7 Å². The second kappa shape index (κ2) is 8.38. The molecule has 1 aliphatic rings. The van der Waals surface area contributed by atoms with Gasteiger partial charge in [-0.05, 0) is 43.4 Å². The highest BCUT2D eigenvalue weighted by molar-refractivity contribution is 5.87. The number of aliphatic hydroxyl groups excluding tert-OH is 1. The highest BCUT2D eigenvalue weighted by Crippen LogP contribution is 2.27. The lowest BCUT2D eigenvalue weighted by Gasteiger charge is -2.13. The lowest BCUT2D eigenvalue weighted by Crippen LogP contribution is -2.26. The molecule has 2 N–H and O–H groups in total. The van der Waals surface area contributed by atoms with Crippen molar-refractivity contribution in [2.45, 2.75) is 38.7 Å². The fourth-order valence-corrected chi connectivity index (χ4v) is 2.32. The maximum atomic E-state index is 11.8. The van der Waals surface area contributed by atoms with E-state index in [4.69, 9.17) is 14.6 Å². The minimum atomic E-state index is -0.300. The third-order valence-electron chi connectivity index (χ3n) is 3.54. The van der Waals surface area contributed by atoms with Crippen molar-refractivity contribution in [2.24, 2.45) is 5.10 Å². The first-order chi connectivity index (χ1) is 10.7. The Hall–Kier alpha value is -2.08. The molecule has 0 aliphatic heterocycles. The molecule has 0 spiro atoms. The molecule has 2 rings (SSSR count). The zero-order valence-electron chi connectivity index (χ0n) is 12.8. The van der Waals surface area contributed by atoms with Crippen molar-refractivity contribution in [1.29, 1.82) is 0 Å². The van der Waals surface area contributed by atoms with Crippen LogP contribution in [-0.2, 0) is 11.4 Å². The van der Waals surface area contributed by atoms with E-state index in [9.17, 15) is 4.79 Å². The van der Waals surface area contributed by atoms with Crippen molar-refractivity contribution in [3.8, 4) is 11.5 Å². The van der Waals surface area contributed by atoms with Crippen molar-refractivity contribution in [2.75, 3.05) is 13.7 Å². The number of hydrazone groups is 1. The normalized spacial score (nSPS) is 14.4. The molecule has 0 atom stereocenters. The highest BCUT2D eigenvalue weighted by Gasteiger charge is 2.10. The smallest absolute Gasteiger partial charge is 0.277 e. The Bertz CT molecular complexity index is 535. The minimum Gasteiger partial charge on any atom is -0.493 e. The van der Waals surface area contributed by atoms with Crippen molar-refractivity contribution in [1.82, 2.24) is 5.43 Å². The predicted octanol–water partition coefficient (Wildman–Crippen LogP) is 2.00. The van der Waals surface area contributed by atoms with Crippen LogP contribution in [-0.4, -0.2) is 30.4 Å².